The second-order valence-electron chi connectivity index (χ2n) is 6.13. The van der Waals surface area contributed by atoms with Gasteiger partial charge < -0.3 is 11.1 Å². The molecule has 1 aromatic carbocycles. The van der Waals surface area contributed by atoms with E-state index >= 15 is 0 Å². The van der Waals surface area contributed by atoms with Gasteiger partial charge >= 0.3 is 6.03 Å². The SMILES string of the molecule is CCC1(c2ccc3c(c2)CCCC3)NC(=O)N(CCN)C1=O. The van der Waals surface area contributed by atoms with Crippen LogP contribution in [0.2, 0.25) is 0 Å². The largest absolute Gasteiger partial charge is 0.329 e. The summed E-state index contributed by atoms with van der Waals surface area (Å²) >= 11 is 0. The molecule has 2 aliphatic rings. The van der Waals surface area contributed by atoms with Gasteiger partial charge in [-0.25, -0.2) is 4.79 Å². The number of nitrogens with zero attached hydrogens (tertiary/aromatic N) is 1. The number of benzene rings is 1. The Morgan fingerprint density at radius 3 is 2.64 bits per heavy atom. The van der Waals surface area contributed by atoms with E-state index in [0.29, 0.717) is 6.42 Å². The van der Waals surface area contributed by atoms with Gasteiger partial charge in [0.15, 0.2) is 0 Å². The van der Waals surface area contributed by atoms with Crippen molar-refractivity contribution in [1.82, 2.24) is 10.2 Å². The Bertz CT molecular complexity index is 614. The van der Waals surface area contributed by atoms with Crippen LogP contribution in [-0.2, 0) is 23.2 Å². The van der Waals surface area contributed by atoms with E-state index in [0.717, 1.165) is 18.4 Å². The van der Waals surface area contributed by atoms with Crippen LogP contribution in [0.5, 0.6) is 0 Å². The Labute approximate surface area is 130 Å². The van der Waals surface area contributed by atoms with Crippen molar-refractivity contribution in [3.8, 4) is 0 Å². The lowest BCUT2D eigenvalue weighted by molar-refractivity contribution is -0.131. The monoisotopic (exact) mass is 301 g/mol. The molecule has 0 spiro atoms. The first kappa shape index (κ1) is 15.0. The first-order chi connectivity index (χ1) is 10.6. The average molecular weight is 301 g/mol. The molecule has 3 amide bonds. The standard InChI is InChI=1S/C17H23N3O2/c1-2-17(15(21)20(10-9-18)16(22)19-17)14-8-7-12-5-3-4-6-13(12)11-14/h7-8,11H,2-6,9-10,18H2,1H3,(H,19,22). The van der Waals surface area contributed by atoms with E-state index in [1.165, 1.54) is 28.9 Å². The molecular weight excluding hydrogens is 278 g/mol. The fourth-order valence-electron chi connectivity index (χ4n) is 3.60. The smallest absolute Gasteiger partial charge is 0.325 e. The van der Waals surface area contributed by atoms with E-state index in [9.17, 15) is 9.59 Å². The third-order valence-corrected chi connectivity index (χ3v) is 4.90. The van der Waals surface area contributed by atoms with Gasteiger partial charge in [-0.15, -0.1) is 0 Å². The quantitative estimate of drug-likeness (QED) is 0.831. The molecule has 5 heteroatoms. The molecule has 1 unspecified atom stereocenters. The first-order valence-corrected chi connectivity index (χ1v) is 8.09. The van der Waals surface area contributed by atoms with Gasteiger partial charge in [-0.1, -0.05) is 25.1 Å². The van der Waals surface area contributed by atoms with E-state index in [1.807, 2.05) is 13.0 Å². The molecule has 1 saturated heterocycles. The number of aryl methyl sites for hydroxylation is 2. The molecule has 1 aliphatic carbocycles. The molecule has 5 nitrogen and oxygen atoms in total. The van der Waals surface area contributed by atoms with Crippen molar-refractivity contribution in [2.45, 2.75) is 44.6 Å². The highest BCUT2D eigenvalue weighted by Crippen LogP contribution is 2.34. The van der Waals surface area contributed by atoms with Gasteiger partial charge in [0.1, 0.15) is 5.54 Å². The molecule has 118 valence electrons. The predicted molar refractivity (Wildman–Crippen MR) is 84.4 cm³/mol. The van der Waals surface area contributed by atoms with Crippen molar-refractivity contribution in [1.29, 1.82) is 0 Å². The molecule has 0 saturated carbocycles. The Kier molecular flexibility index (Phi) is 3.91. The highest BCUT2D eigenvalue weighted by Gasteiger charge is 2.50. The van der Waals surface area contributed by atoms with Crippen molar-refractivity contribution in [2.24, 2.45) is 5.73 Å². The second kappa shape index (κ2) is 5.72. The van der Waals surface area contributed by atoms with E-state index < -0.39 is 5.54 Å². The van der Waals surface area contributed by atoms with Gasteiger partial charge in [-0.3, -0.25) is 9.69 Å². The number of carbonyl (C=O) groups is 2. The number of imide groups is 1. The van der Waals surface area contributed by atoms with Gasteiger partial charge in [0.25, 0.3) is 5.91 Å². The van der Waals surface area contributed by atoms with Crippen molar-refractivity contribution in [3.05, 3.63) is 34.9 Å². The lowest BCUT2D eigenvalue weighted by Crippen LogP contribution is -2.44. The number of fused-ring (bicyclic) bond motifs is 1. The van der Waals surface area contributed by atoms with E-state index in [-0.39, 0.29) is 25.0 Å². The molecule has 22 heavy (non-hydrogen) atoms. The number of hydrogen-bond donors (Lipinski definition) is 2. The summed E-state index contributed by atoms with van der Waals surface area (Å²) in [5.41, 5.74) is 8.17. The summed E-state index contributed by atoms with van der Waals surface area (Å²) in [7, 11) is 0. The van der Waals surface area contributed by atoms with E-state index in [4.69, 9.17) is 5.73 Å². The Hall–Kier alpha value is -1.88. The topological polar surface area (TPSA) is 75.4 Å². The maximum atomic E-state index is 12.8. The van der Waals surface area contributed by atoms with Gasteiger partial charge in [0.05, 0.1) is 0 Å². The molecular formula is C17H23N3O2. The molecule has 3 rings (SSSR count). The number of nitrogens with one attached hydrogen (secondary N) is 1. The van der Waals surface area contributed by atoms with Crippen LogP contribution in [0.4, 0.5) is 4.79 Å². The highest BCUT2D eigenvalue weighted by atomic mass is 16.2. The highest BCUT2D eigenvalue weighted by molar-refractivity contribution is 6.07. The van der Waals surface area contributed by atoms with E-state index in [1.54, 1.807) is 0 Å². The Morgan fingerprint density at radius 1 is 1.23 bits per heavy atom. The van der Waals surface area contributed by atoms with Crippen LogP contribution < -0.4 is 11.1 Å². The van der Waals surface area contributed by atoms with Crippen molar-refractivity contribution in [2.75, 3.05) is 13.1 Å². The summed E-state index contributed by atoms with van der Waals surface area (Å²) < 4.78 is 0. The molecule has 3 N–H and O–H groups in total. The molecule has 1 heterocycles. The van der Waals surface area contributed by atoms with Gasteiger partial charge in [-0.2, -0.15) is 0 Å². The van der Waals surface area contributed by atoms with Crippen LogP contribution in [0.25, 0.3) is 0 Å². The van der Waals surface area contributed by atoms with Crippen LogP contribution in [0.3, 0.4) is 0 Å². The number of nitrogens with two attached hydrogens (primary N) is 1. The third-order valence-electron chi connectivity index (χ3n) is 4.90. The number of urea groups is 1. The maximum absolute atomic E-state index is 12.8. The number of rotatable bonds is 4. The summed E-state index contributed by atoms with van der Waals surface area (Å²) in [6.07, 6.45) is 5.11. The summed E-state index contributed by atoms with van der Waals surface area (Å²) in [5.74, 6) is -0.179. The van der Waals surface area contributed by atoms with Crippen LogP contribution >= 0.6 is 0 Å². The van der Waals surface area contributed by atoms with E-state index in [2.05, 4.69) is 17.4 Å². The second-order valence-corrected chi connectivity index (χ2v) is 6.13. The fraction of sp³-hybridized carbons (Fsp3) is 0.529. The van der Waals surface area contributed by atoms with Crippen molar-refractivity contribution >= 4 is 11.9 Å². The van der Waals surface area contributed by atoms with Crippen LogP contribution in [0.15, 0.2) is 18.2 Å². The minimum atomic E-state index is -0.932. The third kappa shape index (κ3) is 2.20. The zero-order chi connectivity index (χ0) is 15.7. The number of carbonyl (C=O) groups excluding carboxylic acids is 2. The maximum Gasteiger partial charge on any atom is 0.325 e. The van der Waals surface area contributed by atoms with Crippen LogP contribution in [0.1, 0.15) is 42.9 Å². The zero-order valence-corrected chi connectivity index (χ0v) is 13.0. The Morgan fingerprint density at radius 2 is 1.95 bits per heavy atom. The molecule has 0 bridgehead atoms. The normalized spacial score (nSPS) is 24.4. The minimum Gasteiger partial charge on any atom is -0.329 e. The predicted octanol–water partition coefficient (Wildman–Crippen LogP) is 1.68. The Balaban J connectivity index is 2.00. The number of amides is 3. The molecule has 1 aromatic rings. The van der Waals surface area contributed by atoms with Gasteiger partial charge in [-0.05, 0) is 48.8 Å². The van der Waals surface area contributed by atoms with Crippen LogP contribution in [-0.4, -0.2) is 29.9 Å². The van der Waals surface area contributed by atoms with Gasteiger partial charge in [0.2, 0.25) is 0 Å². The molecule has 1 aliphatic heterocycles. The molecule has 0 aromatic heterocycles. The van der Waals surface area contributed by atoms with Crippen molar-refractivity contribution < 1.29 is 9.59 Å². The first-order valence-electron chi connectivity index (χ1n) is 8.09. The molecule has 1 fully saturated rings. The summed E-state index contributed by atoms with van der Waals surface area (Å²) in [4.78, 5) is 26.2. The van der Waals surface area contributed by atoms with Gasteiger partial charge in [0, 0.05) is 13.1 Å². The average Bonchev–Trinajstić information content (AvgIpc) is 2.80. The lowest BCUT2D eigenvalue weighted by Gasteiger charge is -2.28. The summed E-state index contributed by atoms with van der Waals surface area (Å²) in [6.45, 7) is 2.48. The summed E-state index contributed by atoms with van der Waals surface area (Å²) in [6, 6.07) is 5.89. The lowest BCUT2D eigenvalue weighted by atomic mass is 9.82. The number of hydrogen-bond acceptors (Lipinski definition) is 3. The zero-order valence-electron chi connectivity index (χ0n) is 13.0. The molecule has 1 atom stereocenters. The van der Waals surface area contributed by atoms with Crippen LogP contribution in [0, 0.1) is 0 Å². The summed E-state index contributed by atoms with van der Waals surface area (Å²) in [5, 5.41) is 2.91. The fourth-order valence-corrected chi connectivity index (χ4v) is 3.60. The van der Waals surface area contributed by atoms with Crippen molar-refractivity contribution in [3.63, 3.8) is 0 Å². The molecule has 0 radical (unpaired) electrons. The minimum absolute atomic E-state index is 0.179.